The summed E-state index contributed by atoms with van der Waals surface area (Å²) in [7, 11) is 1.34. The van der Waals surface area contributed by atoms with Crippen LogP contribution in [0.1, 0.15) is 57.7 Å². The summed E-state index contributed by atoms with van der Waals surface area (Å²) in [4.78, 5) is 26.3. The van der Waals surface area contributed by atoms with Crippen LogP contribution >= 0.6 is 11.6 Å². The van der Waals surface area contributed by atoms with Crippen molar-refractivity contribution in [2.75, 3.05) is 12.4 Å². The van der Waals surface area contributed by atoms with Crippen LogP contribution in [0.4, 0.5) is 10.1 Å². The number of carbonyl (C=O) groups excluding carboxylic acids is 1. The fourth-order valence-electron chi connectivity index (χ4n) is 6.08. The Hall–Kier alpha value is -5.08. The van der Waals surface area contributed by atoms with Crippen LogP contribution in [0.3, 0.4) is 0 Å². The lowest BCUT2D eigenvalue weighted by molar-refractivity contribution is -0.141. The molecule has 3 aromatic carbocycles. The second kappa shape index (κ2) is 15.0. The minimum absolute atomic E-state index is 0.0607. The molecule has 0 amide bonds. The van der Waals surface area contributed by atoms with E-state index in [1.165, 1.54) is 19.5 Å². The Bertz CT molecular complexity index is 1920. The highest BCUT2D eigenvalue weighted by molar-refractivity contribution is 6.29. The molecule has 0 radical (unpaired) electrons. The van der Waals surface area contributed by atoms with Crippen LogP contribution in [0.2, 0.25) is 5.15 Å². The van der Waals surface area contributed by atoms with Crippen molar-refractivity contribution in [1.29, 1.82) is 0 Å². The Morgan fingerprint density at radius 2 is 1.41 bits per heavy atom. The van der Waals surface area contributed by atoms with Crippen molar-refractivity contribution in [3.05, 3.63) is 143 Å². The molecular formula is C40H41ClFN5O2. The summed E-state index contributed by atoms with van der Waals surface area (Å²) in [5.74, 6) is -0.938. The quantitative estimate of drug-likeness (QED) is 0.121. The maximum Gasteiger partial charge on any atom is 0.307 e. The van der Waals surface area contributed by atoms with Crippen molar-refractivity contribution < 1.29 is 13.9 Å². The van der Waals surface area contributed by atoms with E-state index in [1.807, 2.05) is 95.4 Å². The molecule has 0 saturated heterocycles. The first-order valence-corrected chi connectivity index (χ1v) is 16.7. The number of anilines is 1. The first-order chi connectivity index (χ1) is 23.6. The number of methoxy groups -OCH3 is 1. The standard InChI is InChI=1S/C38H35ClFN5O2.C2H6/c1-37(2,3)32(21-34(46)47-4)43-31-20-30(41-22-29(31)40)28-24-45(36-35(28)44-33(39)23-42-36)38(25-14-8-5-9-15-25,26-16-10-6-11-17-26)27-18-12-7-13-19-27;1-2/h5-20,22-24,32H,21H2,1-4H3,(H,41,43);1-2H3. The molecule has 6 rings (SSSR count). The van der Waals surface area contributed by atoms with Gasteiger partial charge in [-0.3, -0.25) is 9.78 Å². The van der Waals surface area contributed by atoms with Gasteiger partial charge in [-0.1, -0.05) is 137 Å². The fraction of sp³-hybridized carbons (Fsp3) is 0.250. The average molecular weight is 678 g/mol. The summed E-state index contributed by atoms with van der Waals surface area (Å²) < 4.78 is 22.4. The summed E-state index contributed by atoms with van der Waals surface area (Å²) in [6.07, 6.45) is 4.73. The number of nitrogens with zero attached hydrogens (tertiary/aromatic N) is 4. The van der Waals surface area contributed by atoms with Crippen LogP contribution < -0.4 is 5.32 Å². The first-order valence-electron chi connectivity index (χ1n) is 16.3. The predicted molar refractivity (Wildman–Crippen MR) is 195 cm³/mol. The van der Waals surface area contributed by atoms with Crippen LogP contribution in [0.5, 0.6) is 0 Å². The van der Waals surface area contributed by atoms with Crippen molar-refractivity contribution in [1.82, 2.24) is 19.5 Å². The number of ether oxygens (including phenoxy) is 1. The van der Waals surface area contributed by atoms with Gasteiger partial charge in [-0.25, -0.2) is 14.4 Å². The number of nitrogens with one attached hydrogen (secondary N) is 1. The van der Waals surface area contributed by atoms with E-state index in [-0.39, 0.29) is 28.6 Å². The van der Waals surface area contributed by atoms with Gasteiger partial charge in [0.2, 0.25) is 0 Å². The molecule has 0 bridgehead atoms. The number of aromatic nitrogens is 4. The maximum absolute atomic E-state index is 15.4. The average Bonchev–Trinajstić information content (AvgIpc) is 3.49. The summed E-state index contributed by atoms with van der Waals surface area (Å²) in [6, 6.07) is 31.9. The number of pyridine rings is 1. The highest BCUT2D eigenvalue weighted by Crippen LogP contribution is 2.44. The molecule has 0 aliphatic heterocycles. The van der Waals surface area contributed by atoms with Gasteiger partial charge in [-0.15, -0.1) is 0 Å². The van der Waals surface area contributed by atoms with E-state index < -0.39 is 17.4 Å². The summed E-state index contributed by atoms with van der Waals surface area (Å²) in [5, 5.41) is 3.47. The van der Waals surface area contributed by atoms with Gasteiger partial charge in [0.15, 0.2) is 11.5 Å². The van der Waals surface area contributed by atoms with Gasteiger partial charge < -0.3 is 14.6 Å². The summed E-state index contributed by atoms with van der Waals surface area (Å²) in [5.41, 5.74) is 4.09. The third-order valence-corrected chi connectivity index (χ3v) is 8.69. The Labute approximate surface area is 292 Å². The molecule has 252 valence electrons. The Kier molecular flexibility index (Phi) is 10.8. The largest absolute Gasteiger partial charge is 0.469 e. The molecule has 1 N–H and O–H groups in total. The van der Waals surface area contributed by atoms with E-state index >= 15 is 4.39 Å². The lowest BCUT2D eigenvalue weighted by Crippen LogP contribution is -2.37. The molecule has 9 heteroatoms. The van der Waals surface area contributed by atoms with Crippen LogP contribution in [0, 0.1) is 11.2 Å². The number of hydrogen-bond acceptors (Lipinski definition) is 6. The van der Waals surface area contributed by atoms with Crippen LogP contribution in [-0.4, -0.2) is 38.6 Å². The van der Waals surface area contributed by atoms with E-state index in [1.54, 1.807) is 6.07 Å². The number of hydrogen-bond donors (Lipinski definition) is 1. The zero-order chi connectivity index (χ0) is 35.2. The SMILES string of the molecule is CC.COC(=O)CC(Nc1cc(-c2cn(C(c3ccccc3)(c3ccccc3)c3ccccc3)c3ncc(Cl)nc23)ncc1F)C(C)(C)C. The first kappa shape index (κ1) is 35.2. The Balaban J connectivity index is 0.00000230. The number of carbonyl (C=O) groups is 1. The third kappa shape index (κ3) is 7.06. The van der Waals surface area contributed by atoms with Crippen LogP contribution in [0.15, 0.2) is 116 Å². The molecule has 0 fully saturated rings. The van der Waals surface area contributed by atoms with Crippen molar-refractivity contribution in [3.8, 4) is 11.3 Å². The van der Waals surface area contributed by atoms with Gasteiger partial charge in [0.1, 0.15) is 16.2 Å². The van der Waals surface area contributed by atoms with Crippen molar-refractivity contribution in [2.45, 2.75) is 52.6 Å². The minimum atomic E-state index is -0.887. The van der Waals surface area contributed by atoms with Gasteiger partial charge in [0.05, 0.1) is 37.3 Å². The van der Waals surface area contributed by atoms with Gasteiger partial charge in [0, 0.05) is 17.8 Å². The third-order valence-electron chi connectivity index (χ3n) is 8.51. The molecule has 0 spiro atoms. The van der Waals surface area contributed by atoms with Gasteiger partial charge in [0.25, 0.3) is 0 Å². The van der Waals surface area contributed by atoms with Crippen molar-refractivity contribution >= 4 is 34.4 Å². The molecule has 7 nitrogen and oxygen atoms in total. The number of esters is 1. The molecule has 3 aromatic heterocycles. The molecule has 6 aromatic rings. The normalized spacial score (nSPS) is 12.2. The molecule has 1 atom stereocenters. The number of fused-ring (bicyclic) bond motifs is 1. The molecule has 1 unspecified atom stereocenters. The fourth-order valence-corrected chi connectivity index (χ4v) is 6.21. The van der Waals surface area contributed by atoms with Crippen LogP contribution in [0.25, 0.3) is 22.4 Å². The van der Waals surface area contributed by atoms with E-state index in [0.717, 1.165) is 16.7 Å². The van der Waals surface area contributed by atoms with Crippen molar-refractivity contribution in [3.63, 3.8) is 0 Å². The molecule has 49 heavy (non-hydrogen) atoms. The topological polar surface area (TPSA) is 81.9 Å². The van der Waals surface area contributed by atoms with E-state index in [9.17, 15) is 4.79 Å². The van der Waals surface area contributed by atoms with Gasteiger partial charge >= 0.3 is 5.97 Å². The lowest BCUT2D eigenvalue weighted by atomic mass is 9.76. The molecular weight excluding hydrogens is 637 g/mol. The number of halogens is 2. The van der Waals surface area contributed by atoms with Crippen LogP contribution in [-0.2, 0) is 15.1 Å². The Morgan fingerprint density at radius 1 is 0.878 bits per heavy atom. The lowest BCUT2D eigenvalue weighted by Gasteiger charge is -2.38. The van der Waals surface area contributed by atoms with Gasteiger partial charge in [-0.05, 0) is 28.2 Å². The number of benzene rings is 3. The monoisotopic (exact) mass is 677 g/mol. The van der Waals surface area contributed by atoms with Crippen molar-refractivity contribution in [2.24, 2.45) is 5.41 Å². The molecule has 0 aliphatic carbocycles. The second-order valence-corrected chi connectivity index (χ2v) is 12.9. The highest BCUT2D eigenvalue weighted by atomic mass is 35.5. The summed E-state index contributed by atoms with van der Waals surface area (Å²) >= 11 is 6.47. The molecule has 0 aliphatic rings. The zero-order valence-electron chi connectivity index (χ0n) is 28.6. The van der Waals surface area contributed by atoms with E-state index in [4.69, 9.17) is 26.3 Å². The van der Waals surface area contributed by atoms with Gasteiger partial charge in [-0.2, -0.15) is 0 Å². The van der Waals surface area contributed by atoms with E-state index in [2.05, 4.69) is 51.3 Å². The summed E-state index contributed by atoms with van der Waals surface area (Å²) in [6.45, 7) is 9.94. The zero-order valence-corrected chi connectivity index (χ0v) is 29.4. The maximum atomic E-state index is 15.4. The smallest absolute Gasteiger partial charge is 0.307 e. The second-order valence-electron chi connectivity index (χ2n) is 12.5. The Morgan fingerprint density at radius 3 is 1.90 bits per heavy atom. The minimum Gasteiger partial charge on any atom is -0.469 e. The predicted octanol–water partition coefficient (Wildman–Crippen LogP) is 9.54. The highest BCUT2D eigenvalue weighted by Gasteiger charge is 2.40. The van der Waals surface area contributed by atoms with E-state index in [0.29, 0.717) is 22.4 Å². The molecule has 0 saturated carbocycles. The molecule has 3 heterocycles. The number of rotatable bonds is 9.